The highest BCUT2D eigenvalue weighted by Gasteiger charge is 2.23. The number of nitro groups is 1. The van der Waals surface area contributed by atoms with Crippen LogP contribution in [0.4, 0.5) is 10.1 Å². The molecule has 0 saturated heterocycles. The van der Waals surface area contributed by atoms with E-state index in [4.69, 9.17) is 0 Å². The maximum absolute atomic E-state index is 13.1. The van der Waals surface area contributed by atoms with E-state index in [0.29, 0.717) is 6.07 Å². The van der Waals surface area contributed by atoms with Gasteiger partial charge in [-0.05, 0) is 28.9 Å². The molecule has 5 nitrogen and oxygen atoms in total. The summed E-state index contributed by atoms with van der Waals surface area (Å²) in [5.74, 6) is -1.66. The number of benzene rings is 1. The van der Waals surface area contributed by atoms with Gasteiger partial charge in [-0.25, -0.2) is 9.18 Å². The van der Waals surface area contributed by atoms with E-state index in [2.05, 4.69) is 20.7 Å². The quantitative estimate of drug-likeness (QED) is 0.488. The van der Waals surface area contributed by atoms with Gasteiger partial charge in [0.15, 0.2) is 0 Å². The van der Waals surface area contributed by atoms with Gasteiger partial charge in [0.25, 0.3) is 5.69 Å². The Morgan fingerprint density at radius 1 is 1.62 bits per heavy atom. The molecule has 1 aromatic carbocycles. The number of hydrogen-bond acceptors (Lipinski definition) is 4. The van der Waals surface area contributed by atoms with Crippen molar-refractivity contribution in [3.63, 3.8) is 0 Å². The highest BCUT2D eigenvalue weighted by atomic mass is 79.9. The molecule has 0 heterocycles. The number of hydrogen-bond donors (Lipinski definition) is 0. The molecule has 0 bridgehead atoms. The molecule has 0 aliphatic heterocycles. The van der Waals surface area contributed by atoms with Crippen LogP contribution in [0.5, 0.6) is 0 Å². The molecular formula is C9H7BrFNO4. The van der Waals surface area contributed by atoms with Gasteiger partial charge in [0.2, 0.25) is 0 Å². The van der Waals surface area contributed by atoms with E-state index >= 15 is 0 Å². The second kappa shape index (κ2) is 5.02. The first-order valence-electron chi connectivity index (χ1n) is 4.28. The second-order valence-corrected chi connectivity index (χ2v) is 3.62. The first-order valence-corrected chi connectivity index (χ1v) is 5.07. The molecule has 0 saturated carbocycles. The third-order valence-corrected chi connectivity index (χ3v) is 2.34. The van der Waals surface area contributed by atoms with Crippen LogP contribution in [0, 0.1) is 15.9 Å². The highest BCUT2D eigenvalue weighted by Crippen LogP contribution is 2.26. The lowest BCUT2D eigenvalue weighted by atomic mass is 10.2. The molecule has 0 atom stereocenters. The van der Waals surface area contributed by atoms with Gasteiger partial charge < -0.3 is 4.74 Å². The van der Waals surface area contributed by atoms with Crippen LogP contribution in [0.1, 0.15) is 17.3 Å². The summed E-state index contributed by atoms with van der Waals surface area (Å²) in [6.07, 6.45) is 0. The Morgan fingerprint density at radius 3 is 2.75 bits per heavy atom. The van der Waals surface area contributed by atoms with Crippen LogP contribution in [-0.2, 0) is 4.74 Å². The fourth-order valence-electron chi connectivity index (χ4n) is 1.06. The molecule has 0 spiro atoms. The van der Waals surface area contributed by atoms with Crippen molar-refractivity contribution < 1.29 is 18.8 Å². The highest BCUT2D eigenvalue weighted by molar-refractivity contribution is 9.10. The molecule has 0 fully saturated rings. The molecule has 0 aromatic heterocycles. The number of esters is 1. The molecule has 0 aliphatic rings. The summed E-state index contributed by atoms with van der Waals surface area (Å²) in [5.41, 5.74) is -0.890. The van der Waals surface area contributed by atoms with Gasteiger partial charge in [-0.1, -0.05) is 0 Å². The molecule has 0 aliphatic carbocycles. The van der Waals surface area contributed by atoms with E-state index in [1.54, 1.807) is 6.92 Å². The van der Waals surface area contributed by atoms with Crippen molar-refractivity contribution >= 4 is 27.6 Å². The van der Waals surface area contributed by atoms with Crippen molar-refractivity contribution in [3.05, 3.63) is 38.1 Å². The Hall–Kier alpha value is -1.50. The monoisotopic (exact) mass is 291 g/mol. The predicted molar refractivity (Wildman–Crippen MR) is 56.7 cm³/mol. The normalized spacial score (nSPS) is 9.94. The lowest BCUT2D eigenvalue weighted by Crippen LogP contribution is -2.08. The van der Waals surface area contributed by atoms with E-state index in [-0.39, 0.29) is 16.6 Å². The Morgan fingerprint density at radius 2 is 2.25 bits per heavy atom. The van der Waals surface area contributed by atoms with E-state index in [1.807, 2.05) is 0 Å². The average molecular weight is 292 g/mol. The van der Waals surface area contributed by atoms with E-state index in [1.165, 1.54) is 0 Å². The van der Waals surface area contributed by atoms with Crippen LogP contribution in [0.2, 0.25) is 0 Å². The van der Waals surface area contributed by atoms with Gasteiger partial charge in [-0.15, -0.1) is 0 Å². The van der Waals surface area contributed by atoms with Crippen molar-refractivity contribution in [2.24, 2.45) is 0 Å². The van der Waals surface area contributed by atoms with Crippen LogP contribution in [0.3, 0.4) is 0 Å². The van der Waals surface area contributed by atoms with Crippen molar-refractivity contribution in [1.82, 2.24) is 0 Å². The van der Waals surface area contributed by atoms with Gasteiger partial charge in [-0.2, -0.15) is 0 Å². The average Bonchev–Trinajstić information content (AvgIpc) is 2.21. The summed E-state index contributed by atoms with van der Waals surface area (Å²) < 4.78 is 17.7. The van der Waals surface area contributed by atoms with Crippen LogP contribution in [-0.4, -0.2) is 17.5 Å². The maximum atomic E-state index is 13.1. The van der Waals surface area contributed by atoms with Crippen molar-refractivity contribution in [3.8, 4) is 0 Å². The molecule has 86 valence electrons. The van der Waals surface area contributed by atoms with Gasteiger partial charge in [0.1, 0.15) is 11.4 Å². The molecule has 16 heavy (non-hydrogen) atoms. The minimum absolute atomic E-state index is 0.0267. The Labute approximate surface area is 98.5 Å². The zero-order chi connectivity index (χ0) is 12.3. The van der Waals surface area contributed by atoms with Crippen LogP contribution >= 0.6 is 15.9 Å². The van der Waals surface area contributed by atoms with Crippen molar-refractivity contribution in [1.29, 1.82) is 0 Å². The number of carbonyl (C=O) groups excluding carboxylic acids is 1. The number of carbonyl (C=O) groups is 1. The largest absolute Gasteiger partial charge is 0.462 e. The minimum atomic E-state index is -0.852. The zero-order valence-electron chi connectivity index (χ0n) is 8.20. The molecule has 0 N–H and O–H groups in total. The molecule has 7 heteroatoms. The zero-order valence-corrected chi connectivity index (χ0v) is 9.78. The summed E-state index contributed by atoms with van der Waals surface area (Å²) in [5, 5.41) is 10.6. The van der Waals surface area contributed by atoms with E-state index < -0.39 is 22.4 Å². The second-order valence-electron chi connectivity index (χ2n) is 2.76. The molecule has 0 amide bonds. The number of halogens is 2. The Kier molecular flexibility index (Phi) is 3.94. The lowest BCUT2D eigenvalue weighted by molar-refractivity contribution is -0.385. The molecule has 0 radical (unpaired) electrons. The number of ether oxygens (including phenoxy) is 1. The summed E-state index contributed by atoms with van der Waals surface area (Å²) in [6, 6.07) is 1.71. The Balaban J connectivity index is 3.30. The third-order valence-electron chi connectivity index (χ3n) is 1.73. The SMILES string of the molecule is CCOC(=O)c1cc(Br)c(F)cc1[N+](=O)[O-]. The standard InChI is InChI=1S/C9H7BrFNO4/c1-2-16-9(13)5-3-6(10)7(11)4-8(5)12(14)15/h3-4H,2H2,1H3. The Bertz CT molecular complexity index is 449. The van der Waals surface area contributed by atoms with Crippen LogP contribution in [0.25, 0.3) is 0 Å². The first-order chi connectivity index (χ1) is 7.47. The maximum Gasteiger partial charge on any atom is 0.345 e. The fraction of sp³-hybridized carbons (Fsp3) is 0.222. The molecule has 1 aromatic rings. The molecule has 1 rings (SSSR count). The predicted octanol–water partition coefficient (Wildman–Crippen LogP) is 2.67. The molecular weight excluding hydrogens is 285 g/mol. The van der Waals surface area contributed by atoms with Crippen LogP contribution < -0.4 is 0 Å². The molecule has 0 unspecified atom stereocenters. The minimum Gasteiger partial charge on any atom is -0.462 e. The number of nitro benzene ring substituents is 1. The van der Waals surface area contributed by atoms with E-state index in [0.717, 1.165) is 6.07 Å². The number of rotatable bonds is 3. The summed E-state index contributed by atoms with van der Waals surface area (Å²) in [6.45, 7) is 1.66. The van der Waals surface area contributed by atoms with Crippen molar-refractivity contribution in [2.45, 2.75) is 6.92 Å². The van der Waals surface area contributed by atoms with E-state index in [9.17, 15) is 19.3 Å². The topological polar surface area (TPSA) is 69.4 Å². The summed E-state index contributed by atoms with van der Waals surface area (Å²) in [4.78, 5) is 21.1. The lowest BCUT2D eigenvalue weighted by Gasteiger charge is -2.04. The van der Waals surface area contributed by atoms with Gasteiger partial charge in [0.05, 0.1) is 22.1 Å². The van der Waals surface area contributed by atoms with Gasteiger partial charge >= 0.3 is 5.97 Å². The summed E-state index contributed by atoms with van der Waals surface area (Å²) in [7, 11) is 0. The van der Waals surface area contributed by atoms with Gasteiger partial charge in [-0.3, -0.25) is 10.1 Å². The smallest absolute Gasteiger partial charge is 0.345 e. The van der Waals surface area contributed by atoms with Gasteiger partial charge in [0, 0.05) is 0 Å². The third kappa shape index (κ3) is 2.54. The van der Waals surface area contributed by atoms with Crippen molar-refractivity contribution in [2.75, 3.05) is 6.61 Å². The summed E-state index contributed by atoms with van der Waals surface area (Å²) >= 11 is 2.84. The van der Waals surface area contributed by atoms with Crippen LogP contribution in [0.15, 0.2) is 16.6 Å². The fourth-order valence-corrected chi connectivity index (χ4v) is 1.40. The number of nitrogens with zero attached hydrogens (tertiary/aromatic N) is 1. The first kappa shape index (κ1) is 12.6.